The third-order valence-electron chi connectivity index (χ3n) is 2.16. The summed E-state index contributed by atoms with van der Waals surface area (Å²) >= 11 is 3.32. The molecular formula is C12H9BrN2O2. The maximum absolute atomic E-state index is 12.2. The quantitative estimate of drug-likeness (QED) is 0.816. The van der Waals surface area contributed by atoms with E-state index in [1.54, 1.807) is 18.2 Å². The van der Waals surface area contributed by atoms with Crippen LogP contribution in [-0.4, -0.2) is 22.9 Å². The first kappa shape index (κ1) is 11.7. The molecular weight excluding hydrogens is 284 g/mol. The number of rotatable bonds is 3. The summed E-state index contributed by atoms with van der Waals surface area (Å²) in [6, 6.07) is 7.10. The summed E-state index contributed by atoms with van der Waals surface area (Å²) < 4.78 is 5.85. The largest absolute Gasteiger partial charge is 0.479 e. The third-order valence-corrected chi connectivity index (χ3v) is 2.65. The van der Waals surface area contributed by atoms with Crippen LogP contribution in [0.4, 0.5) is 0 Å². The van der Waals surface area contributed by atoms with Gasteiger partial charge in [0.1, 0.15) is 0 Å². The summed E-state index contributed by atoms with van der Waals surface area (Å²) in [5, 5.41) is 0. The lowest BCUT2D eigenvalue weighted by Crippen LogP contribution is -2.07. The standard InChI is InChI=1S/C12H9BrN2O2/c1-17-12-10(14-5-6-15-12)11(16)8-3-2-4-9(13)7-8/h2-7H,1H3. The molecule has 2 rings (SSSR count). The van der Waals surface area contributed by atoms with Crippen molar-refractivity contribution in [3.05, 3.63) is 52.4 Å². The first-order valence-electron chi connectivity index (χ1n) is 4.87. The van der Waals surface area contributed by atoms with E-state index in [1.165, 1.54) is 19.5 Å². The molecule has 0 aliphatic carbocycles. The monoisotopic (exact) mass is 292 g/mol. The average molecular weight is 293 g/mol. The van der Waals surface area contributed by atoms with Gasteiger partial charge in [-0.2, -0.15) is 0 Å². The Bertz CT molecular complexity index is 558. The minimum atomic E-state index is -0.212. The number of hydrogen-bond acceptors (Lipinski definition) is 4. The Hall–Kier alpha value is -1.75. The molecule has 1 aromatic carbocycles. The second-order valence-corrected chi connectivity index (χ2v) is 4.17. The number of carbonyl (C=O) groups is 1. The lowest BCUT2D eigenvalue weighted by molar-refractivity contribution is 0.103. The van der Waals surface area contributed by atoms with Gasteiger partial charge in [0.25, 0.3) is 0 Å². The van der Waals surface area contributed by atoms with Gasteiger partial charge in [-0.05, 0) is 12.1 Å². The molecule has 0 unspecified atom stereocenters. The number of aromatic nitrogens is 2. The molecule has 0 aliphatic heterocycles. The molecule has 0 fully saturated rings. The summed E-state index contributed by atoms with van der Waals surface area (Å²) in [6.45, 7) is 0. The van der Waals surface area contributed by atoms with Crippen LogP contribution in [0.25, 0.3) is 0 Å². The van der Waals surface area contributed by atoms with Crippen LogP contribution in [-0.2, 0) is 0 Å². The Labute approximate surface area is 107 Å². The Balaban J connectivity index is 2.44. The lowest BCUT2D eigenvalue weighted by Gasteiger charge is -2.04. The number of ketones is 1. The van der Waals surface area contributed by atoms with Gasteiger partial charge in [-0.3, -0.25) is 4.79 Å². The van der Waals surface area contributed by atoms with Crippen LogP contribution in [0.15, 0.2) is 41.1 Å². The van der Waals surface area contributed by atoms with Crippen LogP contribution in [0, 0.1) is 0 Å². The fraction of sp³-hybridized carbons (Fsp3) is 0.0833. The van der Waals surface area contributed by atoms with E-state index < -0.39 is 0 Å². The second-order valence-electron chi connectivity index (χ2n) is 3.25. The van der Waals surface area contributed by atoms with Crippen LogP contribution < -0.4 is 4.74 Å². The van der Waals surface area contributed by atoms with E-state index in [4.69, 9.17) is 4.74 Å². The van der Waals surface area contributed by atoms with E-state index in [1.807, 2.05) is 6.07 Å². The summed E-state index contributed by atoms with van der Waals surface area (Å²) in [4.78, 5) is 20.1. The summed E-state index contributed by atoms with van der Waals surface area (Å²) in [5.41, 5.74) is 0.756. The van der Waals surface area contributed by atoms with Crippen LogP contribution >= 0.6 is 15.9 Å². The van der Waals surface area contributed by atoms with E-state index in [0.717, 1.165) is 4.47 Å². The fourth-order valence-corrected chi connectivity index (χ4v) is 1.80. The first-order valence-corrected chi connectivity index (χ1v) is 5.67. The highest BCUT2D eigenvalue weighted by Crippen LogP contribution is 2.18. The number of nitrogens with zero attached hydrogens (tertiary/aromatic N) is 2. The molecule has 0 N–H and O–H groups in total. The summed E-state index contributed by atoms with van der Waals surface area (Å²) in [5.74, 6) is 0.0220. The van der Waals surface area contributed by atoms with Crippen LogP contribution in [0.5, 0.6) is 5.88 Å². The van der Waals surface area contributed by atoms with E-state index >= 15 is 0 Å². The molecule has 1 aromatic heterocycles. The molecule has 0 aliphatic rings. The van der Waals surface area contributed by atoms with Crippen LogP contribution in [0.1, 0.15) is 16.1 Å². The van der Waals surface area contributed by atoms with Crippen molar-refractivity contribution in [3.63, 3.8) is 0 Å². The van der Waals surface area contributed by atoms with Crippen molar-refractivity contribution >= 4 is 21.7 Å². The van der Waals surface area contributed by atoms with Crippen molar-refractivity contribution in [2.24, 2.45) is 0 Å². The minimum Gasteiger partial charge on any atom is -0.479 e. The molecule has 0 bridgehead atoms. The van der Waals surface area contributed by atoms with Crippen LogP contribution in [0.3, 0.4) is 0 Å². The third kappa shape index (κ3) is 2.50. The van der Waals surface area contributed by atoms with Crippen molar-refractivity contribution in [2.45, 2.75) is 0 Å². The average Bonchev–Trinajstić information content (AvgIpc) is 2.38. The molecule has 0 atom stereocenters. The highest BCUT2D eigenvalue weighted by molar-refractivity contribution is 9.10. The first-order chi connectivity index (χ1) is 8.22. The maximum atomic E-state index is 12.2. The van der Waals surface area contributed by atoms with Crippen molar-refractivity contribution in [1.29, 1.82) is 0 Å². The topological polar surface area (TPSA) is 52.1 Å². The highest BCUT2D eigenvalue weighted by atomic mass is 79.9. The van der Waals surface area contributed by atoms with E-state index in [9.17, 15) is 4.79 Å². The predicted octanol–water partition coefficient (Wildman–Crippen LogP) is 2.48. The SMILES string of the molecule is COc1nccnc1C(=O)c1cccc(Br)c1. The smallest absolute Gasteiger partial charge is 0.243 e. The van der Waals surface area contributed by atoms with Crippen LogP contribution in [0.2, 0.25) is 0 Å². The molecule has 2 aromatic rings. The maximum Gasteiger partial charge on any atom is 0.243 e. The number of hydrogen-bond donors (Lipinski definition) is 0. The van der Waals surface area contributed by atoms with Gasteiger partial charge in [-0.15, -0.1) is 0 Å². The van der Waals surface area contributed by atoms with Crippen molar-refractivity contribution in [2.75, 3.05) is 7.11 Å². The molecule has 0 saturated heterocycles. The van der Waals surface area contributed by atoms with Gasteiger partial charge in [-0.25, -0.2) is 9.97 Å². The Morgan fingerprint density at radius 1 is 1.29 bits per heavy atom. The fourth-order valence-electron chi connectivity index (χ4n) is 1.40. The second kappa shape index (κ2) is 5.05. The zero-order valence-corrected chi connectivity index (χ0v) is 10.6. The Morgan fingerprint density at radius 3 is 2.76 bits per heavy atom. The minimum absolute atomic E-state index is 0.212. The van der Waals surface area contributed by atoms with Crippen molar-refractivity contribution < 1.29 is 9.53 Å². The van der Waals surface area contributed by atoms with Crippen molar-refractivity contribution in [1.82, 2.24) is 9.97 Å². The molecule has 4 nitrogen and oxygen atoms in total. The zero-order valence-electron chi connectivity index (χ0n) is 9.05. The number of ether oxygens (including phenoxy) is 1. The van der Waals surface area contributed by atoms with Crippen molar-refractivity contribution in [3.8, 4) is 5.88 Å². The van der Waals surface area contributed by atoms with E-state index in [-0.39, 0.29) is 17.4 Å². The molecule has 0 saturated carbocycles. The number of halogens is 1. The molecule has 1 heterocycles. The molecule has 86 valence electrons. The Morgan fingerprint density at radius 2 is 2.06 bits per heavy atom. The number of carbonyl (C=O) groups excluding carboxylic acids is 1. The van der Waals surface area contributed by atoms with Gasteiger partial charge in [0.15, 0.2) is 5.69 Å². The molecule has 17 heavy (non-hydrogen) atoms. The normalized spacial score (nSPS) is 10.0. The highest BCUT2D eigenvalue weighted by Gasteiger charge is 2.16. The lowest BCUT2D eigenvalue weighted by atomic mass is 10.1. The van der Waals surface area contributed by atoms with E-state index in [0.29, 0.717) is 5.56 Å². The van der Waals surface area contributed by atoms with Gasteiger partial charge in [0.2, 0.25) is 11.7 Å². The van der Waals surface area contributed by atoms with Gasteiger partial charge in [0, 0.05) is 22.4 Å². The van der Waals surface area contributed by atoms with Gasteiger partial charge >= 0.3 is 0 Å². The number of methoxy groups -OCH3 is 1. The summed E-state index contributed by atoms with van der Waals surface area (Å²) in [6.07, 6.45) is 2.95. The predicted molar refractivity (Wildman–Crippen MR) is 66.2 cm³/mol. The van der Waals surface area contributed by atoms with Gasteiger partial charge in [-0.1, -0.05) is 28.1 Å². The van der Waals surface area contributed by atoms with Gasteiger partial charge < -0.3 is 4.74 Å². The molecule has 0 amide bonds. The number of benzene rings is 1. The van der Waals surface area contributed by atoms with E-state index in [2.05, 4.69) is 25.9 Å². The molecule has 0 spiro atoms. The molecule has 5 heteroatoms. The Kier molecular flexibility index (Phi) is 3.49. The summed E-state index contributed by atoms with van der Waals surface area (Å²) in [7, 11) is 1.46. The molecule has 0 radical (unpaired) electrons. The zero-order chi connectivity index (χ0) is 12.3. The van der Waals surface area contributed by atoms with Gasteiger partial charge in [0.05, 0.1) is 7.11 Å².